The fourth-order valence-electron chi connectivity index (χ4n) is 2.19. The quantitative estimate of drug-likeness (QED) is 0.753. The van der Waals surface area contributed by atoms with Gasteiger partial charge in [0.1, 0.15) is 0 Å². The number of anilines is 3. The third-order valence-corrected chi connectivity index (χ3v) is 4.08. The molecule has 4 N–H and O–H groups in total. The van der Waals surface area contributed by atoms with Gasteiger partial charge in [-0.05, 0) is 35.6 Å². The molecule has 0 unspecified atom stereocenters. The fourth-order valence-corrected chi connectivity index (χ4v) is 2.84. The first-order chi connectivity index (χ1) is 9.22. The van der Waals surface area contributed by atoms with Crippen LogP contribution in [0.2, 0.25) is 0 Å². The van der Waals surface area contributed by atoms with E-state index in [1.54, 1.807) is 11.3 Å². The van der Waals surface area contributed by atoms with Crippen molar-refractivity contribution in [2.24, 2.45) is 0 Å². The number of carbonyl (C=O) groups is 1. The summed E-state index contributed by atoms with van der Waals surface area (Å²) in [5, 5.41) is 8.26. The normalized spacial score (nSPS) is 13.8. The maximum absolute atomic E-state index is 11.3. The highest BCUT2D eigenvalue weighted by Gasteiger charge is 2.16. The number of nitrogens with two attached hydrogens (primary N) is 1. The van der Waals surface area contributed by atoms with E-state index in [0.29, 0.717) is 12.1 Å². The summed E-state index contributed by atoms with van der Waals surface area (Å²) in [6, 6.07) is 8.00. The maximum Gasteiger partial charge on any atom is 0.224 e. The number of rotatable bonds is 3. The van der Waals surface area contributed by atoms with Crippen LogP contribution in [0.1, 0.15) is 16.9 Å². The number of benzene rings is 1. The molecule has 0 spiro atoms. The number of hydrogen-bond donors (Lipinski definition) is 3. The van der Waals surface area contributed by atoms with Gasteiger partial charge in [-0.15, -0.1) is 11.3 Å². The van der Waals surface area contributed by atoms with Gasteiger partial charge in [0, 0.05) is 23.5 Å². The molecule has 2 aromatic rings. The highest BCUT2D eigenvalue weighted by molar-refractivity contribution is 7.09. The summed E-state index contributed by atoms with van der Waals surface area (Å²) in [6.07, 6.45) is 1.32. The van der Waals surface area contributed by atoms with Gasteiger partial charge in [0.05, 0.1) is 11.4 Å². The first-order valence-corrected chi connectivity index (χ1v) is 7.09. The van der Waals surface area contributed by atoms with E-state index in [-0.39, 0.29) is 5.91 Å². The predicted octanol–water partition coefficient (Wildman–Crippen LogP) is 2.83. The average Bonchev–Trinajstić information content (AvgIpc) is 2.89. The Morgan fingerprint density at radius 3 is 3.05 bits per heavy atom. The van der Waals surface area contributed by atoms with E-state index in [1.165, 1.54) is 4.88 Å². The molecule has 19 heavy (non-hydrogen) atoms. The Morgan fingerprint density at radius 1 is 1.37 bits per heavy atom. The van der Waals surface area contributed by atoms with Crippen LogP contribution in [-0.2, 0) is 17.8 Å². The van der Waals surface area contributed by atoms with Crippen molar-refractivity contribution in [2.45, 2.75) is 19.4 Å². The van der Waals surface area contributed by atoms with Gasteiger partial charge < -0.3 is 16.4 Å². The first kappa shape index (κ1) is 12.0. The third kappa shape index (κ3) is 2.56. The number of nitrogen functional groups attached to an aromatic ring is 1. The Bertz CT molecular complexity index is 607. The lowest BCUT2D eigenvalue weighted by atomic mass is 10.0. The Labute approximate surface area is 115 Å². The zero-order chi connectivity index (χ0) is 13.2. The van der Waals surface area contributed by atoms with E-state index >= 15 is 0 Å². The molecule has 4 nitrogen and oxygen atoms in total. The monoisotopic (exact) mass is 273 g/mol. The number of amides is 1. The van der Waals surface area contributed by atoms with Crippen molar-refractivity contribution >= 4 is 34.3 Å². The lowest BCUT2D eigenvalue weighted by Gasteiger charge is -2.19. The van der Waals surface area contributed by atoms with Crippen LogP contribution in [0.3, 0.4) is 0 Å². The number of hydrogen-bond acceptors (Lipinski definition) is 4. The summed E-state index contributed by atoms with van der Waals surface area (Å²) in [5.74, 6) is 0.0613. The van der Waals surface area contributed by atoms with Gasteiger partial charge in [0.25, 0.3) is 0 Å². The molecule has 1 aromatic carbocycles. The molecule has 0 fully saturated rings. The molecule has 5 heteroatoms. The van der Waals surface area contributed by atoms with Crippen molar-refractivity contribution < 1.29 is 4.79 Å². The van der Waals surface area contributed by atoms with E-state index in [2.05, 4.69) is 22.1 Å². The van der Waals surface area contributed by atoms with Crippen molar-refractivity contribution in [2.75, 3.05) is 16.4 Å². The molecule has 1 aliphatic rings. The highest BCUT2D eigenvalue weighted by Crippen LogP contribution is 2.31. The summed E-state index contributed by atoms with van der Waals surface area (Å²) in [5.41, 5.74) is 9.60. The van der Waals surface area contributed by atoms with Crippen molar-refractivity contribution in [3.8, 4) is 0 Å². The molecule has 2 heterocycles. The topological polar surface area (TPSA) is 67.1 Å². The second kappa shape index (κ2) is 4.93. The molecule has 98 valence electrons. The van der Waals surface area contributed by atoms with Gasteiger partial charge in [-0.3, -0.25) is 4.79 Å². The predicted molar refractivity (Wildman–Crippen MR) is 79.5 cm³/mol. The molecule has 0 saturated carbocycles. The molecular weight excluding hydrogens is 258 g/mol. The van der Waals surface area contributed by atoms with Gasteiger partial charge >= 0.3 is 0 Å². The SMILES string of the molecule is Nc1cc2c(cc1NCc1cccs1)CCC(=O)N2. The fraction of sp³-hybridized carbons (Fsp3) is 0.214. The summed E-state index contributed by atoms with van der Waals surface area (Å²) in [6.45, 7) is 0.771. The number of fused-ring (bicyclic) bond motifs is 1. The average molecular weight is 273 g/mol. The maximum atomic E-state index is 11.3. The van der Waals surface area contributed by atoms with Crippen LogP contribution in [0.15, 0.2) is 29.6 Å². The van der Waals surface area contributed by atoms with E-state index in [0.717, 1.165) is 29.9 Å². The standard InChI is InChI=1S/C14H15N3OS/c15-11-7-12-9(3-4-14(18)17-12)6-13(11)16-8-10-2-1-5-19-10/h1-2,5-7,16H,3-4,8,15H2,(H,17,18). The molecule has 0 aliphatic carbocycles. The molecule has 1 aliphatic heterocycles. The van der Waals surface area contributed by atoms with Gasteiger partial charge in [-0.2, -0.15) is 0 Å². The zero-order valence-electron chi connectivity index (χ0n) is 10.4. The molecule has 3 rings (SSSR count). The molecule has 1 aromatic heterocycles. The second-order valence-electron chi connectivity index (χ2n) is 4.58. The zero-order valence-corrected chi connectivity index (χ0v) is 11.2. The van der Waals surface area contributed by atoms with E-state index in [9.17, 15) is 4.79 Å². The summed E-state index contributed by atoms with van der Waals surface area (Å²) in [4.78, 5) is 12.6. The van der Waals surface area contributed by atoms with Crippen LogP contribution in [0, 0.1) is 0 Å². The first-order valence-electron chi connectivity index (χ1n) is 6.21. The van der Waals surface area contributed by atoms with Crippen LogP contribution in [-0.4, -0.2) is 5.91 Å². The van der Waals surface area contributed by atoms with Gasteiger partial charge in [0.2, 0.25) is 5.91 Å². The Hall–Kier alpha value is -2.01. The van der Waals surface area contributed by atoms with E-state index in [4.69, 9.17) is 5.73 Å². The van der Waals surface area contributed by atoms with Crippen molar-refractivity contribution in [3.05, 3.63) is 40.1 Å². The minimum absolute atomic E-state index is 0.0613. The van der Waals surface area contributed by atoms with Crippen molar-refractivity contribution in [3.63, 3.8) is 0 Å². The van der Waals surface area contributed by atoms with Crippen LogP contribution in [0.25, 0.3) is 0 Å². The molecule has 0 saturated heterocycles. The summed E-state index contributed by atoms with van der Waals surface area (Å²) in [7, 11) is 0. The lowest BCUT2D eigenvalue weighted by Crippen LogP contribution is -2.19. The van der Waals surface area contributed by atoms with Crippen molar-refractivity contribution in [1.82, 2.24) is 0 Å². The van der Waals surface area contributed by atoms with Crippen LogP contribution in [0.4, 0.5) is 17.1 Å². The largest absolute Gasteiger partial charge is 0.397 e. The summed E-state index contributed by atoms with van der Waals surface area (Å²) < 4.78 is 0. The van der Waals surface area contributed by atoms with Gasteiger partial charge in [0.15, 0.2) is 0 Å². The molecule has 0 atom stereocenters. The Morgan fingerprint density at radius 2 is 2.26 bits per heavy atom. The lowest BCUT2D eigenvalue weighted by molar-refractivity contribution is -0.116. The molecular formula is C14H15N3OS. The third-order valence-electron chi connectivity index (χ3n) is 3.20. The highest BCUT2D eigenvalue weighted by atomic mass is 32.1. The van der Waals surface area contributed by atoms with Crippen LogP contribution in [0.5, 0.6) is 0 Å². The number of aryl methyl sites for hydroxylation is 1. The van der Waals surface area contributed by atoms with Gasteiger partial charge in [-0.1, -0.05) is 6.07 Å². The Balaban J connectivity index is 1.80. The summed E-state index contributed by atoms with van der Waals surface area (Å²) >= 11 is 1.72. The molecule has 0 bridgehead atoms. The van der Waals surface area contributed by atoms with E-state index < -0.39 is 0 Å². The minimum atomic E-state index is 0.0613. The smallest absolute Gasteiger partial charge is 0.224 e. The molecule has 1 amide bonds. The number of nitrogens with one attached hydrogen (secondary N) is 2. The van der Waals surface area contributed by atoms with Crippen LogP contribution < -0.4 is 16.4 Å². The van der Waals surface area contributed by atoms with Gasteiger partial charge in [-0.25, -0.2) is 0 Å². The van der Waals surface area contributed by atoms with Crippen LogP contribution >= 0.6 is 11.3 Å². The molecule has 0 radical (unpaired) electrons. The van der Waals surface area contributed by atoms with Crippen molar-refractivity contribution in [1.29, 1.82) is 0 Å². The Kier molecular flexibility index (Phi) is 3.13. The minimum Gasteiger partial charge on any atom is -0.397 e. The second-order valence-corrected chi connectivity index (χ2v) is 5.61. The van der Waals surface area contributed by atoms with E-state index in [1.807, 2.05) is 18.2 Å². The number of thiophene rings is 1. The number of carbonyl (C=O) groups excluding carboxylic acids is 1.